The third-order valence-electron chi connectivity index (χ3n) is 2.24. The van der Waals surface area contributed by atoms with Crippen molar-refractivity contribution in [2.24, 2.45) is 0 Å². The maximum atomic E-state index is 11.9. The maximum Gasteiger partial charge on any atom is 0.274 e. The Morgan fingerprint density at radius 2 is 2.11 bits per heavy atom. The summed E-state index contributed by atoms with van der Waals surface area (Å²) in [6.07, 6.45) is 0. The first-order valence-corrected chi connectivity index (χ1v) is 7.02. The zero-order valence-corrected chi connectivity index (χ0v) is 11.3. The van der Waals surface area contributed by atoms with Gasteiger partial charge in [0.15, 0.2) is 5.82 Å². The maximum absolute atomic E-state index is 11.9. The number of rotatable bonds is 6. The second-order valence-electron chi connectivity index (χ2n) is 3.81. The topological polar surface area (TPSA) is 110 Å². The van der Waals surface area contributed by atoms with Crippen LogP contribution in [0.4, 0.5) is 0 Å². The Kier molecular flexibility index (Phi) is 3.98. The molecule has 0 aliphatic carbocycles. The average Bonchev–Trinajstić information content (AvgIpc) is 2.97. The first kappa shape index (κ1) is 13.7. The Labute approximate surface area is 110 Å². The second kappa shape index (κ2) is 5.51. The number of nitrogens with zero attached hydrogens (tertiary/aromatic N) is 2. The molecule has 9 heteroatoms. The summed E-state index contributed by atoms with van der Waals surface area (Å²) in [5, 5.41) is 6.29. The van der Waals surface area contributed by atoms with Gasteiger partial charge in [-0.25, -0.2) is 8.42 Å². The Morgan fingerprint density at radius 3 is 2.74 bits per heavy atom. The van der Waals surface area contributed by atoms with Crippen LogP contribution in [0.3, 0.4) is 0 Å². The lowest BCUT2D eigenvalue weighted by Crippen LogP contribution is -2.23. The van der Waals surface area contributed by atoms with Crippen molar-refractivity contribution < 1.29 is 17.4 Å². The lowest BCUT2D eigenvalue weighted by Gasteiger charge is -2.00. The van der Waals surface area contributed by atoms with Crippen molar-refractivity contribution in [3.05, 3.63) is 29.6 Å². The van der Waals surface area contributed by atoms with E-state index < -0.39 is 10.0 Å². The molecule has 104 valence electrons. The number of aromatic nitrogens is 2. The van der Waals surface area contributed by atoms with Crippen LogP contribution in [0.2, 0.25) is 0 Å². The predicted octanol–water partition coefficient (Wildman–Crippen LogP) is 0.169. The molecule has 0 atom stereocenters. The van der Waals surface area contributed by atoms with Crippen LogP contribution in [0.25, 0.3) is 0 Å². The van der Waals surface area contributed by atoms with Crippen molar-refractivity contribution >= 4 is 10.0 Å². The van der Waals surface area contributed by atoms with Gasteiger partial charge in [0.05, 0.1) is 13.1 Å². The summed E-state index contributed by atoms with van der Waals surface area (Å²) in [7, 11) is -1.98. The van der Waals surface area contributed by atoms with Crippen LogP contribution in [0.5, 0.6) is 0 Å². The van der Waals surface area contributed by atoms with E-state index in [0.29, 0.717) is 18.1 Å². The van der Waals surface area contributed by atoms with E-state index in [0.717, 1.165) is 0 Å². The Hall–Kier alpha value is -1.71. The lowest BCUT2D eigenvalue weighted by atomic mass is 10.4. The summed E-state index contributed by atoms with van der Waals surface area (Å²) in [6.45, 7) is 2.03. The second-order valence-corrected chi connectivity index (χ2v) is 5.51. The first-order valence-electron chi connectivity index (χ1n) is 5.53. The van der Waals surface area contributed by atoms with E-state index in [1.807, 2.05) is 0 Å². The fourth-order valence-electron chi connectivity index (χ4n) is 1.41. The molecule has 2 rings (SSSR count). The van der Waals surface area contributed by atoms with Gasteiger partial charge in [-0.3, -0.25) is 0 Å². The minimum absolute atomic E-state index is 0.0781. The molecule has 8 nitrogen and oxygen atoms in total. The van der Waals surface area contributed by atoms with E-state index in [-0.39, 0.29) is 17.5 Å². The molecule has 2 heterocycles. The molecule has 0 amide bonds. The van der Waals surface area contributed by atoms with Crippen molar-refractivity contribution in [2.75, 3.05) is 7.05 Å². The number of nitrogens with one attached hydrogen (secondary N) is 2. The molecule has 0 unspecified atom stereocenters. The van der Waals surface area contributed by atoms with Gasteiger partial charge in [0.2, 0.25) is 11.0 Å². The lowest BCUT2D eigenvalue weighted by molar-refractivity contribution is 0.369. The molecule has 0 bridgehead atoms. The Morgan fingerprint density at radius 1 is 1.32 bits per heavy atom. The molecule has 0 saturated carbocycles. The molecule has 0 saturated heterocycles. The first-order chi connectivity index (χ1) is 9.01. The van der Waals surface area contributed by atoms with Gasteiger partial charge in [0.25, 0.3) is 10.0 Å². The zero-order chi connectivity index (χ0) is 13.9. The number of furan rings is 1. The summed E-state index contributed by atoms with van der Waals surface area (Å²) < 4.78 is 36.2. The fraction of sp³-hybridized carbons (Fsp3) is 0.400. The molecule has 0 aliphatic heterocycles. The smallest absolute Gasteiger partial charge is 0.274 e. The van der Waals surface area contributed by atoms with Crippen LogP contribution in [-0.4, -0.2) is 25.6 Å². The highest BCUT2D eigenvalue weighted by Gasteiger charge is 2.19. The van der Waals surface area contributed by atoms with Crippen LogP contribution < -0.4 is 10.0 Å². The van der Waals surface area contributed by atoms with Crippen LogP contribution in [-0.2, 0) is 23.1 Å². The van der Waals surface area contributed by atoms with Crippen molar-refractivity contribution in [1.82, 2.24) is 20.2 Å². The van der Waals surface area contributed by atoms with Gasteiger partial charge in [0.1, 0.15) is 5.76 Å². The fourth-order valence-corrected chi connectivity index (χ4v) is 2.33. The van der Waals surface area contributed by atoms with Crippen molar-refractivity contribution in [3.63, 3.8) is 0 Å². The van der Waals surface area contributed by atoms with Crippen LogP contribution >= 0.6 is 0 Å². The van der Waals surface area contributed by atoms with Gasteiger partial charge in [-0.05, 0) is 26.1 Å². The van der Waals surface area contributed by atoms with E-state index in [1.165, 1.54) is 6.07 Å². The summed E-state index contributed by atoms with van der Waals surface area (Å²) in [5.41, 5.74) is 0. The molecule has 0 aliphatic rings. The highest BCUT2D eigenvalue weighted by Crippen LogP contribution is 2.14. The molecule has 0 spiro atoms. The minimum atomic E-state index is -3.72. The van der Waals surface area contributed by atoms with Crippen LogP contribution in [0.1, 0.15) is 17.5 Å². The van der Waals surface area contributed by atoms with Crippen molar-refractivity contribution in [1.29, 1.82) is 0 Å². The average molecular weight is 286 g/mol. The summed E-state index contributed by atoms with van der Waals surface area (Å²) in [5.74, 6) is 1.18. The standard InChI is InChI=1S/C10H14N4O4S/c1-7-13-9(18-14-7)6-12-19(15,16)10-4-3-8(17-10)5-11-2/h3-4,11-12H,5-6H2,1-2H3. The zero-order valence-electron chi connectivity index (χ0n) is 10.5. The number of hydrogen-bond donors (Lipinski definition) is 2. The summed E-state index contributed by atoms with van der Waals surface area (Å²) >= 11 is 0. The Bertz CT molecular complexity index is 646. The van der Waals surface area contributed by atoms with E-state index in [2.05, 4.69) is 20.2 Å². The van der Waals surface area contributed by atoms with Crippen LogP contribution in [0.15, 0.2) is 26.2 Å². The van der Waals surface area contributed by atoms with Gasteiger partial charge in [-0.15, -0.1) is 0 Å². The van der Waals surface area contributed by atoms with E-state index >= 15 is 0 Å². The van der Waals surface area contributed by atoms with Gasteiger partial charge < -0.3 is 14.3 Å². The summed E-state index contributed by atoms with van der Waals surface area (Å²) in [4.78, 5) is 3.90. The highest BCUT2D eigenvalue weighted by molar-refractivity contribution is 7.89. The molecule has 2 N–H and O–H groups in total. The van der Waals surface area contributed by atoms with Gasteiger partial charge in [0, 0.05) is 0 Å². The quantitative estimate of drug-likeness (QED) is 0.778. The van der Waals surface area contributed by atoms with Gasteiger partial charge in [-0.1, -0.05) is 5.16 Å². The molecule has 2 aromatic rings. The molecule has 0 fully saturated rings. The minimum Gasteiger partial charge on any atom is -0.447 e. The van der Waals surface area contributed by atoms with Crippen molar-refractivity contribution in [2.45, 2.75) is 25.1 Å². The third-order valence-corrected chi connectivity index (χ3v) is 3.51. The van der Waals surface area contributed by atoms with E-state index in [9.17, 15) is 8.42 Å². The number of hydrogen-bond acceptors (Lipinski definition) is 7. The normalized spacial score (nSPS) is 11.9. The summed E-state index contributed by atoms with van der Waals surface area (Å²) in [6, 6.07) is 3.00. The van der Waals surface area contributed by atoms with Gasteiger partial charge in [-0.2, -0.15) is 9.71 Å². The number of sulfonamides is 1. The molecule has 0 aromatic carbocycles. The van der Waals surface area contributed by atoms with E-state index in [1.54, 1.807) is 20.0 Å². The molecular weight excluding hydrogens is 272 g/mol. The number of aryl methyl sites for hydroxylation is 1. The molecular formula is C10H14N4O4S. The predicted molar refractivity (Wildman–Crippen MR) is 64.5 cm³/mol. The SMILES string of the molecule is CNCc1ccc(S(=O)(=O)NCc2nc(C)no2)o1. The Balaban J connectivity index is 2.04. The third kappa shape index (κ3) is 3.40. The molecule has 19 heavy (non-hydrogen) atoms. The van der Waals surface area contributed by atoms with Gasteiger partial charge >= 0.3 is 0 Å². The largest absolute Gasteiger partial charge is 0.447 e. The highest BCUT2D eigenvalue weighted by atomic mass is 32.2. The monoisotopic (exact) mass is 286 g/mol. The van der Waals surface area contributed by atoms with E-state index in [4.69, 9.17) is 8.94 Å². The molecule has 0 radical (unpaired) electrons. The van der Waals surface area contributed by atoms with Crippen LogP contribution in [0, 0.1) is 6.92 Å². The molecule has 2 aromatic heterocycles. The van der Waals surface area contributed by atoms with Crippen molar-refractivity contribution in [3.8, 4) is 0 Å².